The minimum absolute atomic E-state index is 0.267. The summed E-state index contributed by atoms with van der Waals surface area (Å²) >= 11 is 4.74. The number of carbonyl (C=O) groups is 2. The van der Waals surface area contributed by atoms with Gasteiger partial charge in [0.05, 0.1) is 10.4 Å². The molecule has 1 N–H and O–H groups in total. The highest BCUT2D eigenvalue weighted by atomic mass is 79.9. The quantitative estimate of drug-likeness (QED) is 0.822. The molecule has 0 saturated carbocycles. The van der Waals surface area contributed by atoms with Crippen LogP contribution in [0.1, 0.15) is 28.2 Å². The highest BCUT2D eigenvalue weighted by Crippen LogP contribution is 2.28. The Hall–Kier alpha value is -1.66. The molecule has 0 fully saturated rings. The van der Waals surface area contributed by atoms with Crippen LogP contribution in [0, 0.1) is 0 Å². The maximum Gasteiger partial charge on any atom is 0.334 e. The predicted molar refractivity (Wildman–Crippen MR) is 85.3 cm³/mol. The standard InChI is InChI=1S/C15H14BrNO3S/c1-2-20-15(19)13(11-8-9-12(16)21-11)17-14(18)10-6-4-3-5-7-10/h3-9,13H,2H2,1H3,(H,17,18). The van der Waals surface area contributed by atoms with Crippen LogP contribution in [0.15, 0.2) is 46.3 Å². The Balaban J connectivity index is 2.20. The van der Waals surface area contributed by atoms with Crippen molar-refractivity contribution in [3.63, 3.8) is 0 Å². The Labute approximate surface area is 135 Å². The van der Waals surface area contributed by atoms with Gasteiger partial charge in [-0.1, -0.05) is 18.2 Å². The number of amides is 1. The van der Waals surface area contributed by atoms with Gasteiger partial charge in [0, 0.05) is 10.4 Å². The summed E-state index contributed by atoms with van der Waals surface area (Å²) < 4.78 is 5.93. The summed E-state index contributed by atoms with van der Waals surface area (Å²) in [5, 5.41) is 2.72. The van der Waals surface area contributed by atoms with Gasteiger partial charge in [0.25, 0.3) is 5.91 Å². The van der Waals surface area contributed by atoms with Gasteiger partial charge in [-0.15, -0.1) is 11.3 Å². The van der Waals surface area contributed by atoms with Gasteiger partial charge in [-0.05, 0) is 47.1 Å². The van der Waals surface area contributed by atoms with Crippen molar-refractivity contribution in [3.8, 4) is 0 Å². The molecule has 0 spiro atoms. The number of nitrogens with one attached hydrogen (secondary N) is 1. The van der Waals surface area contributed by atoms with E-state index in [1.807, 2.05) is 12.1 Å². The zero-order chi connectivity index (χ0) is 15.2. The molecule has 0 aliphatic heterocycles. The fraction of sp³-hybridized carbons (Fsp3) is 0.200. The second-order valence-corrected chi connectivity index (χ2v) is 6.66. The van der Waals surface area contributed by atoms with Gasteiger partial charge >= 0.3 is 5.97 Å². The lowest BCUT2D eigenvalue weighted by molar-refractivity contribution is -0.145. The van der Waals surface area contributed by atoms with E-state index in [4.69, 9.17) is 4.74 Å². The van der Waals surface area contributed by atoms with Gasteiger partial charge in [0.1, 0.15) is 0 Å². The van der Waals surface area contributed by atoms with E-state index in [-0.39, 0.29) is 12.5 Å². The van der Waals surface area contributed by atoms with E-state index in [0.29, 0.717) is 5.56 Å². The molecule has 0 aliphatic rings. The van der Waals surface area contributed by atoms with Crippen LogP contribution in [-0.2, 0) is 9.53 Å². The van der Waals surface area contributed by atoms with E-state index in [9.17, 15) is 9.59 Å². The van der Waals surface area contributed by atoms with Crippen molar-refractivity contribution in [2.24, 2.45) is 0 Å². The Morgan fingerprint density at radius 2 is 1.95 bits per heavy atom. The zero-order valence-corrected chi connectivity index (χ0v) is 13.7. The molecule has 110 valence electrons. The Morgan fingerprint density at radius 3 is 2.52 bits per heavy atom. The van der Waals surface area contributed by atoms with Crippen LogP contribution in [0.3, 0.4) is 0 Å². The van der Waals surface area contributed by atoms with E-state index in [2.05, 4.69) is 21.2 Å². The zero-order valence-electron chi connectivity index (χ0n) is 11.3. The lowest BCUT2D eigenvalue weighted by Gasteiger charge is -2.16. The molecule has 0 bridgehead atoms. The third-order valence-corrected chi connectivity index (χ3v) is 4.40. The van der Waals surface area contributed by atoms with Crippen molar-refractivity contribution in [3.05, 3.63) is 56.7 Å². The first kappa shape index (κ1) is 15.7. The van der Waals surface area contributed by atoms with Crippen molar-refractivity contribution in [1.82, 2.24) is 5.32 Å². The van der Waals surface area contributed by atoms with Crippen molar-refractivity contribution >= 4 is 39.1 Å². The molecule has 1 aromatic carbocycles. The largest absolute Gasteiger partial charge is 0.464 e. The molecule has 6 heteroatoms. The van der Waals surface area contributed by atoms with Crippen LogP contribution in [0.5, 0.6) is 0 Å². The maximum absolute atomic E-state index is 12.2. The molecule has 1 unspecified atom stereocenters. The number of esters is 1. The average Bonchev–Trinajstić information content (AvgIpc) is 2.92. The third-order valence-electron chi connectivity index (χ3n) is 2.71. The van der Waals surface area contributed by atoms with Crippen LogP contribution in [0.4, 0.5) is 0 Å². The van der Waals surface area contributed by atoms with Gasteiger partial charge < -0.3 is 10.1 Å². The van der Waals surface area contributed by atoms with E-state index in [1.165, 1.54) is 11.3 Å². The lowest BCUT2D eigenvalue weighted by Crippen LogP contribution is -2.34. The number of carbonyl (C=O) groups excluding carboxylic acids is 2. The van der Waals surface area contributed by atoms with E-state index < -0.39 is 12.0 Å². The number of ether oxygens (including phenoxy) is 1. The summed E-state index contributed by atoms with van der Waals surface area (Å²) in [4.78, 5) is 25.0. The minimum atomic E-state index is -0.797. The fourth-order valence-electron chi connectivity index (χ4n) is 1.76. The summed E-state index contributed by atoms with van der Waals surface area (Å²) in [6.45, 7) is 2.00. The van der Waals surface area contributed by atoms with Crippen LogP contribution in [-0.4, -0.2) is 18.5 Å². The average molecular weight is 368 g/mol. The molecule has 21 heavy (non-hydrogen) atoms. The summed E-state index contributed by atoms with van der Waals surface area (Å²) in [6.07, 6.45) is 0. The van der Waals surface area contributed by atoms with Crippen LogP contribution in [0.25, 0.3) is 0 Å². The molecule has 1 heterocycles. The van der Waals surface area contributed by atoms with Crippen LogP contribution >= 0.6 is 27.3 Å². The van der Waals surface area contributed by atoms with E-state index in [0.717, 1.165) is 8.66 Å². The molecule has 2 aromatic rings. The molecule has 1 amide bonds. The van der Waals surface area contributed by atoms with Crippen LogP contribution in [0.2, 0.25) is 0 Å². The first-order valence-corrected chi connectivity index (χ1v) is 8.00. The van der Waals surface area contributed by atoms with Gasteiger partial charge in [0.15, 0.2) is 6.04 Å². The number of halogens is 1. The number of thiophene rings is 1. The lowest BCUT2D eigenvalue weighted by atomic mass is 10.2. The molecule has 0 aliphatic carbocycles. The first-order chi connectivity index (χ1) is 10.1. The summed E-state index contributed by atoms with van der Waals surface area (Å²) in [7, 11) is 0. The molecule has 4 nitrogen and oxygen atoms in total. The summed E-state index contributed by atoms with van der Waals surface area (Å²) in [6, 6.07) is 11.6. The van der Waals surface area contributed by atoms with Gasteiger partial charge in [-0.3, -0.25) is 4.79 Å². The topological polar surface area (TPSA) is 55.4 Å². The smallest absolute Gasteiger partial charge is 0.334 e. The molecular formula is C15H14BrNO3S. The second-order valence-electron chi connectivity index (χ2n) is 4.17. The van der Waals surface area contributed by atoms with Crippen molar-refractivity contribution in [2.75, 3.05) is 6.61 Å². The fourth-order valence-corrected chi connectivity index (χ4v) is 3.22. The minimum Gasteiger partial charge on any atom is -0.464 e. The summed E-state index contributed by atoms with van der Waals surface area (Å²) in [5.74, 6) is -0.769. The second kappa shape index (κ2) is 7.38. The Bertz CT molecular complexity index is 627. The first-order valence-electron chi connectivity index (χ1n) is 6.39. The van der Waals surface area contributed by atoms with Gasteiger partial charge in [-0.25, -0.2) is 4.79 Å². The molecular weight excluding hydrogens is 354 g/mol. The molecule has 2 rings (SSSR count). The van der Waals surface area contributed by atoms with Gasteiger partial charge in [0.2, 0.25) is 0 Å². The highest BCUT2D eigenvalue weighted by molar-refractivity contribution is 9.11. The normalized spacial score (nSPS) is 11.7. The number of rotatable bonds is 5. The predicted octanol–water partition coefficient (Wildman–Crippen LogP) is 3.54. The molecule has 0 saturated heterocycles. The highest BCUT2D eigenvalue weighted by Gasteiger charge is 2.26. The number of hydrogen-bond acceptors (Lipinski definition) is 4. The maximum atomic E-state index is 12.2. The Morgan fingerprint density at radius 1 is 1.24 bits per heavy atom. The van der Waals surface area contributed by atoms with Crippen molar-refractivity contribution in [2.45, 2.75) is 13.0 Å². The van der Waals surface area contributed by atoms with E-state index in [1.54, 1.807) is 37.3 Å². The summed E-state index contributed by atoms with van der Waals surface area (Å²) in [5.41, 5.74) is 0.502. The molecule has 1 aromatic heterocycles. The molecule has 0 radical (unpaired) electrons. The molecule has 1 atom stereocenters. The number of benzene rings is 1. The number of hydrogen-bond donors (Lipinski definition) is 1. The third kappa shape index (κ3) is 4.15. The van der Waals surface area contributed by atoms with Gasteiger partial charge in [-0.2, -0.15) is 0 Å². The monoisotopic (exact) mass is 367 g/mol. The SMILES string of the molecule is CCOC(=O)C(NC(=O)c1ccccc1)c1ccc(Br)s1. The van der Waals surface area contributed by atoms with Crippen molar-refractivity contribution in [1.29, 1.82) is 0 Å². The van der Waals surface area contributed by atoms with Crippen molar-refractivity contribution < 1.29 is 14.3 Å². The van der Waals surface area contributed by atoms with Crippen LogP contribution < -0.4 is 5.32 Å². The van der Waals surface area contributed by atoms with E-state index >= 15 is 0 Å². The Kier molecular flexibility index (Phi) is 5.52.